The first-order valence-corrected chi connectivity index (χ1v) is 26.3. The van der Waals surface area contributed by atoms with Gasteiger partial charge in [-0.25, -0.2) is 0 Å². The molecule has 0 radical (unpaired) electrons. The number of nitrogens with zero attached hydrogens (tertiary/aromatic N) is 1. The van der Waals surface area contributed by atoms with E-state index in [9.17, 15) is 43.8 Å². The van der Waals surface area contributed by atoms with Crippen LogP contribution in [0.1, 0.15) is 137 Å². The summed E-state index contributed by atoms with van der Waals surface area (Å²) in [5.41, 5.74) is 17.1. The van der Waals surface area contributed by atoms with Crippen molar-refractivity contribution in [3.8, 4) is 11.1 Å². The van der Waals surface area contributed by atoms with Crippen LogP contribution in [0.5, 0.6) is 0 Å². The molecule has 1 fully saturated rings. The molecule has 1 aliphatic rings. The number of carboxylic acid groups (broad SMARTS) is 1. The third-order valence-corrected chi connectivity index (χ3v) is 12.3. The van der Waals surface area contributed by atoms with Crippen molar-refractivity contribution in [2.75, 3.05) is 25.1 Å². The third kappa shape index (κ3) is 24.6. The van der Waals surface area contributed by atoms with E-state index in [4.69, 9.17) is 11.5 Å². The van der Waals surface area contributed by atoms with Crippen LogP contribution in [0.2, 0.25) is 0 Å². The lowest BCUT2D eigenvalue weighted by molar-refractivity contribution is -0.140. The van der Waals surface area contributed by atoms with Gasteiger partial charge < -0.3 is 48.3 Å². The summed E-state index contributed by atoms with van der Waals surface area (Å²) >= 11 is 1.41. The van der Waals surface area contributed by atoms with E-state index in [1.807, 2.05) is 6.26 Å². The molecule has 4 amide bonds. The first-order chi connectivity index (χ1) is 33.3. The summed E-state index contributed by atoms with van der Waals surface area (Å²) in [7, 11) is 0. The monoisotopic (exact) mass is 1010 g/mol. The van der Waals surface area contributed by atoms with Crippen molar-refractivity contribution in [3.63, 3.8) is 0 Å². The molecule has 2 aromatic rings. The number of aliphatic hydroxyl groups is 1. The number of aliphatic imine (C=N–C) groups is 1. The fraction of sp³-hybridized carbons (Fsp3) is 0.623. The molecule has 396 valence electrons. The molecule has 18 heteroatoms. The van der Waals surface area contributed by atoms with Gasteiger partial charge >= 0.3 is 5.97 Å². The summed E-state index contributed by atoms with van der Waals surface area (Å²) in [6, 6.07) is 11.6. The van der Waals surface area contributed by atoms with E-state index < -0.39 is 83.9 Å². The number of nitrogens with one attached hydrogen (secondary N) is 5. The van der Waals surface area contributed by atoms with Gasteiger partial charge in [-0.2, -0.15) is 11.8 Å². The van der Waals surface area contributed by atoms with Crippen LogP contribution >= 0.6 is 11.8 Å². The summed E-state index contributed by atoms with van der Waals surface area (Å²) in [5, 5.41) is 32.7. The highest BCUT2D eigenvalue weighted by Crippen LogP contribution is 2.34. The molecular formula is C53H84N8O9S. The Labute approximate surface area is 426 Å². The molecule has 2 aromatic carbocycles. The van der Waals surface area contributed by atoms with Gasteiger partial charge in [-0.05, 0) is 117 Å². The van der Waals surface area contributed by atoms with Crippen LogP contribution in [-0.4, -0.2) is 119 Å². The number of aliphatic hydroxyl groups excluding tert-OH is 1. The zero-order chi connectivity index (χ0) is 53.3. The number of hydrogen-bond acceptors (Lipinski definition) is 11. The lowest BCUT2D eigenvalue weighted by Crippen LogP contribution is -2.59. The van der Waals surface area contributed by atoms with E-state index in [0.29, 0.717) is 36.0 Å². The SMILES string of the molecule is CC(C)(C)Cc1ccccc1-c1ccccc1CC(C)(C)C.CSCCC1NC(=O)[C@H](CCCN=C(N)N)NC(=O)C(CCC(=O)O)NC(=O)[C@H]([C@@H](C)O)NC(=O)CCCCCCCNC(C)C(=O)C1=O. The van der Waals surface area contributed by atoms with Crippen molar-refractivity contribution in [1.82, 2.24) is 26.6 Å². The molecule has 0 spiro atoms. The molecule has 0 aliphatic carbocycles. The average Bonchev–Trinajstić information content (AvgIpc) is 3.28. The van der Waals surface area contributed by atoms with Gasteiger partial charge in [0.25, 0.3) is 0 Å². The molecule has 0 saturated carbocycles. The van der Waals surface area contributed by atoms with Crippen LogP contribution in [0.25, 0.3) is 11.1 Å². The fourth-order valence-corrected chi connectivity index (χ4v) is 8.50. The number of rotatable bonds is 14. The van der Waals surface area contributed by atoms with Gasteiger partial charge in [0.05, 0.1) is 18.2 Å². The first kappa shape index (κ1) is 61.8. The smallest absolute Gasteiger partial charge is 0.303 e. The van der Waals surface area contributed by atoms with Crippen molar-refractivity contribution in [2.45, 2.75) is 175 Å². The molecule has 6 atom stereocenters. The van der Waals surface area contributed by atoms with Crippen LogP contribution in [0.3, 0.4) is 0 Å². The van der Waals surface area contributed by atoms with Crippen molar-refractivity contribution in [2.24, 2.45) is 27.3 Å². The van der Waals surface area contributed by atoms with Crippen LogP contribution in [0, 0.1) is 10.8 Å². The van der Waals surface area contributed by atoms with Gasteiger partial charge in [0, 0.05) is 19.4 Å². The highest BCUT2D eigenvalue weighted by molar-refractivity contribution is 7.98. The molecule has 3 unspecified atom stereocenters. The normalized spacial score (nSPS) is 21.3. The van der Waals surface area contributed by atoms with E-state index in [1.165, 1.54) is 40.9 Å². The Balaban J connectivity index is 0.000000647. The van der Waals surface area contributed by atoms with E-state index in [0.717, 1.165) is 32.1 Å². The summed E-state index contributed by atoms with van der Waals surface area (Å²) in [5.74, 6) is -5.63. The minimum Gasteiger partial charge on any atom is -0.481 e. The molecule has 0 bridgehead atoms. The second kappa shape index (κ2) is 31.2. The molecule has 71 heavy (non-hydrogen) atoms. The number of carbonyl (C=O) groups excluding carboxylic acids is 6. The van der Waals surface area contributed by atoms with Crippen LogP contribution in [-0.2, 0) is 46.4 Å². The molecule has 1 saturated heterocycles. The molecule has 3 rings (SSSR count). The Hall–Kier alpha value is -5.33. The second-order valence-electron chi connectivity index (χ2n) is 20.8. The van der Waals surface area contributed by atoms with Gasteiger partial charge in [0.15, 0.2) is 5.96 Å². The average molecular weight is 1010 g/mol. The maximum atomic E-state index is 13.6. The summed E-state index contributed by atoms with van der Waals surface area (Å²) in [6.07, 6.45) is 5.68. The van der Waals surface area contributed by atoms with Gasteiger partial charge in [-0.15, -0.1) is 0 Å². The van der Waals surface area contributed by atoms with Crippen LogP contribution < -0.4 is 38.1 Å². The minimum atomic E-state index is -1.49. The maximum Gasteiger partial charge on any atom is 0.303 e. The Kier molecular flexibility index (Phi) is 27.2. The van der Waals surface area contributed by atoms with Gasteiger partial charge in [0.1, 0.15) is 18.1 Å². The number of Topliss-reactive ketones (excluding diaryl/α,β-unsaturated/α-hetero) is 2. The zero-order valence-corrected chi connectivity index (χ0v) is 44.5. The minimum absolute atomic E-state index is 0.0321. The zero-order valence-electron chi connectivity index (χ0n) is 43.7. The molecule has 1 aliphatic heterocycles. The first-order valence-electron chi connectivity index (χ1n) is 25.0. The van der Waals surface area contributed by atoms with Crippen LogP contribution in [0.15, 0.2) is 53.5 Å². The quantitative estimate of drug-likeness (QED) is 0.0523. The van der Waals surface area contributed by atoms with Crippen molar-refractivity contribution >= 4 is 58.9 Å². The highest BCUT2D eigenvalue weighted by Gasteiger charge is 2.35. The number of hydrogen-bond donors (Lipinski definition) is 9. The number of ketones is 2. The van der Waals surface area contributed by atoms with Crippen molar-refractivity contribution in [1.29, 1.82) is 0 Å². The van der Waals surface area contributed by atoms with Gasteiger partial charge in [-0.3, -0.25) is 38.6 Å². The largest absolute Gasteiger partial charge is 0.481 e. The van der Waals surface area contributed by atoms with Crippen molar-refractivity contribution in [3.05, 3.63) is 59.7 Å². The topological polar surface area (TPSA) is 284 Å². The Morgan fingerprint density at radius 3 is 1.75 bits per heavy atom. The predicted molar refractivity (Wildman–Crippen MR) is 283 cm³/mol. The molecule has 11 N–H and O–H groups in total. The molecule has 17 nitrogen and oxygen atoms in total. The highest BCUT2D eigenvalue weighted by atomic mass is 32.2. The summed E-state index contributed by atoms with van der Waals surface area (Å²) in [6.45, 7) is 17.3. The summed E-state index contributed by atoms with van der Waals surface area (Å²) in [4.78, 5) is 94.7. The fourth-order valence-electron chi connectivity index (χ4n) is 8.02. The number of benzene rings is 2. The Morgan fingerprint density at radius 2 is 1.23 bits per heavy atom. The lowest BCUT2D eigenvalue weighted by atomic mass is 9.81. The van der Waals surface area contributed by atoms with E-state index in [1.54, 1.807) is 6.92 Å². The summed E-state index contributed by atoms with van der Waals surface area (Å²) < 4.78 is 0. The molecule has 1 heterocycles. The number of amides is 4. The molecular weight excluding hydrogens is 925 g/mol. The number of aliphatic carboxylic acids is 1. The number of carboxylic acids is 1. The van der Waals surface area contributed by atoms with E-state index >= 15 is 0 Å². The number of thioether (sulfide) groups is 1. The Morgan fingerprint density at radius 1 is 0.718 bits per heavy atom. The third-order valence-electron chi connectivity index (χ3n) is 11.6. The van der Waals surface area contributed by atoms with E-state index in [-0.39, 0.29) is 44.6 Å². The van der Waals surface area contributed by atoms with Gasteiger partial charge in [0.2, 0.25) is 35.2 Å². The number of guanidine groups is 1. The predicted octanol–water partition coefficient (Wildman–Crippen LogP) is 4.98. The number of carbonyl (C=O) groups is 7. The standard InChI is InChI=1S/C31H54N8O9S.C22H30/c1-18-26(44)27(45)20(14-17-49-3)36-28(46)21(10-9-16-35-31(32)33)37-29(47)22(12-13-24(42)43)38-30(48)25(19(2)40)39-23(41)11-7-5-4-6-8-15-34-18;1-21(2,3)15-17-11-7-9-13-19(17)20-14-10-8-12-18(20)16-22(4,5)6/h18-22,25,34,40H,4-17H2,1-3H3,(H,36,46)(H,37,47)(H,38,48)(H,39,41)(H,42,43)(H4,32,33,35);7-14H,15-16H2,1-6H3/t18?,19-,20?,21+,22?,25+;/m1./s1. The number of nitrogens with two attached hydrogens (primary N) is 2. The van der Waals surface area contributed by atoms with Gasteiger partial charge in [-0.1, -0.05) is 109 Å². The lowest BCUT2D eigenvalue weighted by Gasteiger charge is -2.27. The maximum absolute atomic E-state index is 13.6. The molecule has 0 aromatic heterocycles. The van der Waals surface area contributed by atoms with Crippen molar-refractivity contribution < 1.29 is 43.8 Å². The second-order valence-corrected chi connectivity index (χ2v) is 21.8. The Bertz CT molecular complexity index is 2020. The van der Waals surface area contributed by atoms with Crippen LogP contribution in [0.4, 0.5) is 0 Å². The van der Waals surface area contributed by atoms with E-state index in [2.05, 4.69) is 122 Å².